The van der Waals surface area contributed by atoms with Crippen LogP contribution in [-0.2, 0) is 9.53 Å². The summed E-state index contributed by atoms with van der Waals surface area (Å²) in [6.45, 7) is 0.286. The lowest BCUT2D eigenvalue weighted by atomic mass is 9.96. The van der Waals surface area contributed by atoms with E-state index in [0.717, 1.165) is 19.3 Å². The van der Waals surface area contributed by atoms with Crippen molar-refractivity contribution in [3.8, 4) is 0 Å². The molecule has 0 saturated carbocycles. The molecule has 2 N–H and O–H groups in total. The highest BCUT2D eigenvalue weighted by atomic mass is 16.5. The molecule has 0 aromatic rings. The van der Waals surface area contributed by atoms with Crippen LogP contribution >= 0.6 is 0 Å². The Bertz CT molecular complexity index is 151. The number of carboxylic acid groups (broad SMARTS) is 1. The summed E-state index contributed by atoms with van der Waals surface area (Å²) in [4.78, 5) is 10.6. The fraction of sp³-hybridized carbons (Fsp3) is 0.875. The number of aliphatic carboxylic acids is 1. The van der Waals surface area contributed by atoms with Crippen LogP contribution in [0.2, 0.25) is 0 Å². The molecule has 4 heteroatoms. The van der Waals surface area contributed by atoms with Gasteiger partial charge in [0, 0.05) is 6.61 Å². The Balaban J connectivity index is 2.46. The lowest BCUT2D eigenvalue weighted by Gasteiger charge is -2.26. The molecule has 2 unspecified atom stereocenters. The normalized spacial score (nSPS) is 26.6. The van der Waals surface area contributed by atoms with Gasteiger partial charge in [0.25, 0.3) is 0 Å². The largest absolute Gasteiger partial charge is 0.481 e. The fourth-order valence-electron chi connectivity index (χ4n) is 1.44. The van der Waals surface area contributed by atoms with Crippen LogP contribution in [0.15, 0.2) is 0 Å². The topological polar surface area (TPSA) is 66.8 Å². The van der Waals surface area contributed by atoms with Gasteiger partial charge in [-0.15, -0.1) is 0 Å². The van der Waals surface area contributed by atoms with Crippen LogP contribution < -0.4 is 0 Å². The highest BCUT2D eigenvalue weighted by molar-refractivity contribution is 5.70. The highest BCUT2D eigenvalue weighted by Crippen LogP contribution is 2.19. The van der Waals surface area contributed by atoms with E-state index < -0.39 is 11.9 Å². The fourth-order valence-corrected chi connectivity index (χ4v) is 1.44. The average molecular weight is 174 g/mol. The first-order valence-corrected chi connectivity index (χ1v) is 4.21. The Hall–Kier alpha value is -0.610. The zero-order valence-corrected chi connectivity index (χ0v) is 6.90. The first kappa shape index (κ1) is 9.48. The lowest BCUT2D eigenvalue weighted by Crippen LogP contribution is -2.35. The molecule has 0 aromatic heterocycles. The molecular weight excluding hydrogens is 160 g/mol. The maximum atomic E-state index is 10.6. The molecule has 4 nitrogen and oxygen atoms in total. The van der Waals surface area contributed by atoms with Gasteiger partial charge < -0.3 is 14.9 Å². The van der Waals surface area contributed by atoms with Crippen LogP contribution in [0.4, 0.5) is 0 Å². The Labute approximate surface area is 71.2 Å². The Kier molecular flexibility index (Phi) is 3.49. The van der Waals surface area contributed by atoms with Crippen molar-refractivity contribution in [3.63, 3.8) is 0 Å². The number of carbonyl (C=O) groups is 1. The number of ether oxygens (including phenoxy) is 1. The minimum atomic E-state index is -0.968. The molecule has 1 saturated heterocycles. The number of aliphatic hydroxyl groups is 1. The predicted octanol–water partition coefficient (Wildman–Crippen LogP) is 0.249. The van der Waals surface area contributed by atoms with E-state index in [0.29, 0.717) is 6.61 Å². The van der Waals surface area contributed by atoms with Crippen molar-refractivity contribution in [2.45, 2.75) is 25.4 Å². The van der Waals surface area contributed by atoms with Gasteiger partial charge in [-0.05, 0) is 19.3 Å². The van der Waals surface area contributed by atoms with E-state index in [-0.39, 0.29) is 12.7 Å². The molecule has 0 radical (unpaired) electrons. The number of carboxylic acids is 1. The van der Waals surface area contributed by atoms with Gasteiger partial charge in [-0.25, -0.2) is 0 Å². The molecule has 0 spiro atoms. The van der Waals surface area contributed by atoms with Crippen LogP contribution in [0.1, 0.15) is 19.3 Å². The third-order valence-corrected chi connectivity index (χ3v) is 2.18. The molecule has 12 heavy (non-hydrogen) atoms. The minimum absolute atomic E-state index is 0.291. The van der Waals surface area contributed by atoms with Crippen molar-refractivity contribution >= 4 is 5.97 Å². The summed E-state index contributed by atoms with van der Waals surface area (Å²) in [5.41, 5.74) is 0. The predicted molar refractivity (Wildman–Crippen MR) is 41.8 cm³/mol. The molecule has 1 aliphatic heterocycles. The van der Waals surface area contributed by atoms with Crippen LogP contribution in [0.25, 0.3) is 0 Å². The van der Waals surface area contributed by atoms with E-state index in [2.05, 4.69) is 0 Å². The molecule has 70 valence electrons. The second kappa shape index (κ2) is 4.42. The molecule has 0 bridgehead atoms. The number of hydrogen-bond acceptors (Lipinski definition) is 3. The minimum Gasteiger partial charge on any atom is -0.481 e. The summed E-state index contributed by atoms with van der Waals surface area (Å²) in [6.07, 6.45) is 2.45. The Morgan fingerprint density at radius 2 is 2.33 bits per heavy atom. The highest BCUT2D eigenvalue weighted by Gasteiger charge is 2.29. The summed E-state index contributed by atoms with van der Waals surface area (Å²) in [5.74, 6) is -1.71. The van der Waals surface area contributed by atoms with E-state index in [1.54, 1.807) is 0 Å². The molecule has 0 aromatic carbocycles. The smallest absolute Gasteiger partial charge is 0.311 e. The SMILES string of the molecule is O=C(O)C(CO)C1CCCCO1. The molecule has 1 rings (SSSR count). The van der Waals surface area contributed by atoms with Crippen LogP contribution in [0.5, 0.6) is 0 Å². The maximum Gasteiger partial charge on any atom is 0.311 e. The van der Waals surface area contributed by atoms with E-state index in [1.807, 2.05) is 0 Å². The van der Waals surface area contributed by atoms with Gasteiger partial charge in [0.1, 0.15) is 5.92 Å². The average Bonchev–Trinajstić information content (AvgIpc) is 2.07. The van der Waals surface area contributed by atoms with Gasteiger partial charge in [-0.2, -0.15) is 0 Å². The summed E-state index contributed by atoms with van der Waals surface area (Å²) in [7, 11) is 0. The van der Waals surface area contributed by atoms with E-state index in [9.17, 15) is 4.79 Å². The molecule has 1 heterocycles. The summed E-state index contributed by atoms with van der Waals surface area (Å²) in [6, 6.07) is 0. The third-order valence-electron chi connectivity index (χ3n) is 2.18. The molecule has 0 aliphatic carbocycles. The molecule has 1 fully saturated rings. The van der Waals surface area contributed by atoms with Crippen molar-refractivity contribution in [2.75, 3.05) is 13.2 Å². The molecule has 2 atom stereocenters. The van der Waals surface area contributed by atoms with Crippen molar-refractivity contribution in [3.05, 3.63) is 0 Å². The van der Waals surface area contributed by atoms with Crippen molar-refractivity contribution < 1.29 is 19.7 Å². The first-order chi connectivity index (χ1) is 5.75. The van der Waals surface area contributed by atoms with Gasteiger partial charge in [-0.3, -0.25) is 4.79 Å². The summed E-state index contributed by atoms with van der Waals surface area (Å²) >= 11 is 0. The molecular formula is C8H14O4. The van der Waals surface area contributed by atoms with Crippen molar-refractivity contribution in [2.24, 2.45) is 5.92 Å². The van der Waals surface area contributed by atoms with Crippen LogP contribution in [-0.4, -0.2) is 35.5 Å². The van der Waals surface area contributed by atoms with Gasteiger partial charge >= 0.3 is 5.97 Å². The summed E-state index contributed by atoms with van der Waals surface area (Å²) < 4.78 is 5.25. The second-order valence-corrected chi connectivity index (χ2v) is 3.03. The van der Waals surface area contributed by atoms with Crippen LogP contribution in [0, 0.1) is 5.92 Å². The van der Waals surface area contributed by atoms with E-state index in [1.165, 1.54) is 0 Å². The molecule has 0 amide bonds. The van der Waals surface area contributed by atoms with E-state index in [4.69, 9.17) is 14.9 Å². The Morgan fingerprint density at radius 1 is 1.58 bits per heavy atom. The Morgan fingerprint density at radius 3 is 2.75 bits per heavy atom. The maximum absolute atomic E-state index is 10.6. The first-order valence-electron chi connectivity index (χ1n) is 4.21. The van der Waals surface area contributed by atoms with Gasteiger partial charge in [-0.1, -0.05) is 0 Å². The van der Waals surface area contributed by atoms with Crippen molar-refractivity contribution in [1.82, 2.24) is 0 Å². The van der Waals surface area contributed by atoms with E-state index >= 15 is 0 Å². The second-order valence-electron chi connectivity index (χ2n) is 3.03. The zero-order valence-electron chi connectivity index (χ0n) is 6.90. The van der Waals surface area contributed by atoms with Crippen molar-refractivity contribution in [1.29, 1.82) is 0 Å². The lowest BCUT2D eigenvalue weighted by molar-refractivity contribution is -0.151. The standard InChI is InChI=1S/C8H14O4/c9-5-6(8(10)11)7-3-1-2-4-12-7/h6-7,9H,1-5H2,(H,10,11). The van der Waals surface area contributed by atoms with Gasteiger partial charge in [0.05, 0.1) is 12.7 Å². The monoisotopic (exact) mass is 174 g/mol. The summed E-state index contributed by atoms with van der Waals surface area (Å²) in [5, 5.41) is 17.5. The third kappa shape index (κ3) is 2.19. The number of aliphatic hydroxyl groups excluding tert-OH is 1. The van der Waals surface area contributed by atoms with Gasteiger partial charge in [0.2, 0.25) is 0 Å². The molecule has 1 aliphatic rings. The zero-order chi connectivity index (χ0) is 8.97. The number of rotatable bonds is 3. The quantitative estimate of drug-likeness (QED) is 0.643. The van der Waals surface area contributed by atoms with Gasteiger partial charge in [0.15, 0.2) is 0 Å². The number of hydrogen-bond donors (Lipinski definition) is 2. The van der Waals surface area contributed by atoms with Crippen LogP contribution in [0.3, 0.4) is 0 Å².